The number of nitrogens with zero attached hydrogens (tertiary/aromatic N) is 4. The summed E-state index contributed by atoms with van der Waals surface area (Å²) in [4.78, 5) is 13.0. The number of fused-ring (bicyclic) bond motifs is 1. The van der Waals surface area contributed by atoms with E-state index in [0.717, 1.165) is 10.2 Å². The number of hydrogen-bond donors (Lipinski definition) is 2. The molecule has 5 rings (SSSR count). The molecule has 2 aromatic carbocycles. The van der Waals surface area contributed by atoms with Gasteiger partial charge in [-0.25, -0.2) is 4.68 Å². The second-order valence-electron chi connectivity index (χ2n) is 9.08. The molecule has 0 saturated heterocycles. The number of anilines is 2. The fourth-order valence-electron chi connectivity index (χ4n) is 4.51. The molecular weight excluding hydrogens is 572 g/mol. The van der Waals surface area contributed by atoms with Crippen LogP contribution in [0.3, 0.4) is 0 Å². The van der Waals surface area contributed by atoms with Gasteiger partial charge in [-0.05, 0) is 35.4 Å². The van der Waals surface area contributed by atoms with Crippen LogP contribution in [0.4, 0.5) is 24.7 Å². The molecule has 14 heteroatoms. The second kappa shape index (κ2) is 10.9. The van der Waals surface area contributed by atoms with E-state index in [4.69, 9.17) is 32.7 Å². The SMILES string of the molecule is COc1ccc(C2CC(C(F)(F)F)n3nc(C(=O)Nc4cnn(Cc5ccc(Cl)cc5Cl)c4)cc3N2)cc1OC. The van der Waals surface area contributed by atoms with E-state index in [-0.39, 0.29) is 17.9 Å². The number of carbonyl (C=O) groups is 1. The van der Waals surface area contributed by atoms with Crippen LogP contribution >= 0.6 is 23.2 Å². The minimum Gasteiger partial charge on any atom is -0.493 e. The van der Waals surface area contributed by atoms with Crippen molar-refractivity contribution in [1.29, 1.82) is 0 Å². The number of rotatable bonds is 7. The van der Waals surface area contributed by atoms with Crippen LogP contribution in [0.15, 0.2) is 54.9 Å². The largest absolute Gasteiger partial charge is 0.493 e. The highest BCUT2D eigenvalue weighted by Crippen LogP contribution is 2.44. The van der Waals surface area contributed by atoms with Gasteiger partial charge in [-0.2, -0.15) is 23.4 Å². The molecule has 2 atom stereocenters. The third kappa shape index (κ3) is 5.68. The summed E-state index contributed by atoms with van der Waals surface area (Å²) in [6.45, 7) is 0.319. The van der Waals surface area contributed by atoms with E-state index in [1.807, 2.05) is 0 Å². The Morgan fingerprint density at radius 2 is 1.90 bits per heavy atom. The van der Waals surface area contributed by atoms with Crippen molar-refractivity contribution < 1.29 is 27.4 Å². The number of hydrogen-bond acceptors (Lipinski definition) is 6. The van der Waals surface area contributed by atoms with Crippen molar-refractivity contribution in [1.82, 2.24) is 19.6 Å². The average molecular weight is 595 g/mol. The number of methoxy groups -OCH3 is 2. The molecule has 0 aliphatic carbocycles. The summed E-state index contributed by atoms with van der Waals surface area (Å²) >= 11 is 12.2. The van der Waals surface area contributed by atoms with E-state index in [2.05, 4.69) is 20.8 Å². The highest BCUT2D eigenvalue weighted by Gasteiger charge is 2.47. The van der Waals surface area contributed by atoms with Crippen LogP contribution in [-0.2, 0) is 6.54 Å². The Bertz CT molecular complexity index is 1550. The van der Waals surface area contributed by atoms with Crippen molar-refractivity contribution in [2.24, 2.45) is 0 Å². The molecular formula is C26H23Cl2F3N6O3. The molecule has 4 aromatic rings. The summed E-state index contributed by atoms with van der Waals surface area (Å²) < 4.78 is 55.2. The molecule has 3 heterocycles. The second-order valence-corrected chi connectivity index (χ2v) is 9.92. The number of benzene rings is 2. The number of amides is 1. The van der Waals surface area contributed by atoms with Crippen LogP contribution in [0, 0.1) is 0 Å². The standard InChI is InChI=1S/C26H23Cl2F3N6O3/c1-39-21-6-4-14(7-22(21)40-2)19-9-23(26(29,30)31)37-24(34-19)10-20(35-37)25(38)33-17-11-32-36(13-17)12-15-3-5-16(27)8-18(15)28/h3-8,10-11,13,19,23,34H,9,12H2,1-2H3,(H,33,38). The van der Waals surface area contributed by atoms with Gasteiger partial charge in [0.1, 0.15) is 5.82 Å². The quantitative estimate of drug-likeness (QED) is 0.258. The van der Waals surface area contributed by atoms with Gasteiger partial charge in [0.15, 0.2) is 23.2 Å². The molecule has 0 fully saturated rings. The van der Waals surface area contributed by atoms with Gasteiger partial charge in [0.2, 0.25) is 0 Å². The maximum Gasteiger partial charge on any atom is 0.410 e. The number of nitrogens with one attached hydrogen (secondary N) is 2. The fraction of sp³-hybridized carbons (Fsp3) is 0.269. The molecule has 1 aliphatic heterocycles. The summed E-state index contributed by atoms with van der Waals surface area (Å²) in [5.74, 6) is 0.226. The topological polar surface area (TPSA) is 95.2 Å². The average Bonchev–Trinajstić information content (AvgIpc) is 3.55. The molecule has 2 N–H and O–H groups in total. The minimum absolute atomic E-state index is 0.0617. The molecule has 40 heavy (non-hydrogen) atoms. The lowest BCUT2D eigenvalue weighted by atomic mass is 9.96. The van der Waals surface area contributed by atoms with Crippen LogP contribution in [-0.4, -0.2) is 45.9 Å². The fourth-order valence-corrected chi connectivity index (χ4v) is 4.98. The zero-order valence-electron chi connectivity index (χ0n) is 21.2. The van der Waals surface area contributed by atoms with Gasteiger partial charge in [0, 0.05) is 28.7 Å². The molecule has 1 amide bonds. The van der Waals surface area contributed by atoms with Gasteiger partial charge in [-0.3, -0.25) is 9.48 Å². The predicted octanol–water partition coefficient (Wildman–Crippen LogP) is 6.36. The first-order valence-electron chi connectivity index (χ1n) is 12.0. The Morgan fingerprint density at radius 1 is 1.12 bits per heavy atom. The highest BCUT2D eigenvalue weighted by atomic mass is 35.5. The van der Waals surface area contributed by atoms with Crippen molar-refractivity contribution in [3.63, 3.8) is 0 Å². The minimum atomic E-state index is -4.60. The van der Waals surface area contributed by atoms with Gasteiger partial charge in [0.25, 0.3) is 5.91 Å². The summed E-state index contributed by atoms with van der Waals surface area (Å²) in [5, 5.41) is 14.9. The molecule has 2 aromatic heterocycles. The first kappa shape index (κ1) is 27.7. The maximum atomic E-state index is 14.1. The molecule has 2 unspecified atom stereocenters. The Kier molecular flexibility index (Phi) is 7.56. The molecule has 210 valence electrons. The van der Waals surface area contributed by atoms with Crippen LogP contribution < -0.4 is 20.1 Å². The zero-order valence-corrected chi connectivity index (χ0v) is 22.7. The maximum absolute atomic E-state index is 14.1. The summed E-state index contributed by atoms with van der Waals surface area (Å²) in [6.07, 6.45) is -1.95. The number of alkyl halides is 3. The summed E-state index contributed by atoms with van der Waals surface area (Å²) in [7, 11) is 2.92. The Morgan fingerprint density at radius 3 is 2.60 bits per heavy atom. The smallest absolute Gasteiger partial charge is 0.410 e. The number of halogens is 5. The van der Waals surface area contributed by atoms with Crippen LogP contribution in [0.25, 0.3) is 0 Å². The molecule has 9 nitrogen and oxygen atoms in total. The van der Waals surface area contributed by atoms with E-state index < -0.39 is 24.2 Å². The lowest BCUT2D eigenvalue weighted by Gasteiger charge is -2.33. The van der Waals surface area contributed by atoms with Crippen molar-refractivity contribution in [3.05, 3.63) is 81.7 Å². The van der Waals surface area contributed by atoms with Gasteiger partial charge in [-0.1, -0.05) is 35.3 Å². The number of aromatic nitrogens is 4. The van der Waals surface area contributed by atoms with Crippen molar-refractivity contribution in [2.75, 3.05) is 24.9 Å². The van der Waals surface area contributed by atoms with E-state index >= 15 is 0 Å². The number of carbonyl (C=O) groups excluding carboxylic acids is 1. The number of ether oxygens (including phenoxy) is 2. The highest BCUT2D eigenvalue weighted by molar-refractivity contribution is 6.35. The summed E-state index contributed by atoms with van der Waals surface area (Å²) in [5.41, 5.74) is 1.49. The third-order valence-corrected chi connectivity index (χ3v) is 7.06. The van der Waals surface area contributed by atoms with E-state index in [0.29, 0.717) is 39.3 Å². The van der Waals surface area contributed by atoms with Gasteiger partial charge >= 0.3 is 6.18 Å². The van der Waals surface area contributed by atoms with Crippen LogP contribution in [0.1, 0.15) is 40.1 Å². The van der Waals surface area contributed by atoms with E-state index in [1.54, 1.807) is 47.3 Å². The summed E-state index contributed by atoms with van der Waals surface area (Å²) in [6, 6.07) is 8.62. The Balaban J connectivity index is 1.35. The van der Waals surface area contributed by atoms with Gasteiger partial charge in [0.05, 0.1) is 38.7 Å². The van der Waals surface area contributed by atoms with E-state index in [1.165, 1.54) is 26.5 Å². The molecule has 0 bridgehead atoms. The zero-order chi connectivity index (χ0) is 28.6. The predicted molar refractivity (Wildman–Crippen MR) is 144 cm³/mol. The first-order chi connectivity index (χ1) is 19.0. The molecule has 0 radical (unpaired) electrons. The van der Waals surface area contributed by atoms with Crippen molar-refractivity contribution in [3.8, 4) is 11.5 Å². The normalized spacial score (nSPS) is 16.7. The first-order valence-corrected chi connectivity index (χ1v) is 12.7. The van der Waals surface area contributed by atoms with Gasteiger partial charge < -0.3 is 20.1 Å². The molecule has 0 saturated carbocycles. The monoisotopic (exact) mass is 594 g/mol. The Labute approximate surface area is 236 Å². The molecule has 1 aliphatic rings. The van der Waals surface area contributed by atoms with Crippen LogP contribution in [0.2, 0.25) is 10.0 Å². The van der Waals surface area contributed by atoms with Crippen molar-refractivity contribution >= 4 is 40.6 Å². The van der Waals surface area contributed by atoms with Crippen molar-refractivity contribution in [2.45, 2.75) is 31.2 Å². The lowest BCUT2D eigenvalue weighted by Crippen LogP contribution is -2.35. The molecule has 0 spiro atoms. The van der Waals surface area contributed by atoms with Gasteiger partial charge in [-0.15, -0.1) is 0 Å². The van der Waals surface area contributed by atoms with E-state index in [9.17, 15) is 18.0 Å². The van der Waals surface area contributed by atoms with Crippen LogP contribution in [0.5, 0.6) is 11.5 Å². The Hall–Kier alpha value is -3.90. The third-order valence-electron chi connectivity index (χ3n) is 6.47. The lowest BCUT2D eigenvalue weighted by molar-refractivity contribution is -0.173.